The van der Waals surface area contributed by atoms with E-state index in [2.05, 4.69) is 34.9 Å². The molecule has 0 amide bonds. The number of thiocarbonyl (C=S) groups is 1. The Labute approximate surface area is 174 Å². The predicted octanol–water partition coefficient (Wildman–Crippen LogP) is 4.65. The van der Waals surface area contributed by atoms with E-state index in [1.54, 1.807) is 0 Å². The predicted molar refractivity (Wildman–Crippen MR) is 119 cm³/mol. The average Bonchev–Trinajstić information content (AvgIpc) is 3.11. The Balaban J connectivity index is 1.64. The summed E-state index contributed by atoms with van der Waals surface area (Å²) >= 11 is 6.92. The van der Waals surface area contributed by atoms with Gasteiger partial charge in [-0.2, -0.15) is 0 Å². The van der Waals surface area contributed by atoms with Crippen LogP contribution in [-0.2, 0) is 17.6 Å². The maximum Gasteiger partial charge on any atom is 0.340 e. The molecular formula is C22H22N2O2S2. The van der Waals surface area contributed by atoms with Gasteiger partial charge in [0.25, 0.3) is 0 Å². The van der Waals surface area contributed by atoms with Crippen molar-refractivity contribution in [2.24, 2.45) is 0 Å². The summed E-state index contributed by atoms with van der Waals surface area (Å²) in [6.45, 7) is 0.714. The summed E-state index contributed by atoms with van der Waals surface area (Å²) in [6, 6.07) is 22.2. The van der Waals surface area contributed by atoms with Crippen molar-refractivity contribution in [3.05, 3.63) is 88.3 Å². The van der Waals surface area contributed by atoms with Crippen LogP contribution in [0.25, 0.3) is 0 Å². The molecule has 3 aromatic rings. The Kier molecular flexibility index (Phi) is 7.17. The van der Waals surface area contributed by atoms with Crippen LogP contribution in [0, 0.1) is 0 Å². The van der Waals surface area contributed by atoms with Gasteiger partial charge in [0.05, 0.1) is 12.7 Å². The van der Waals surface area contributed by atoms with E-state index in [-0.39, 0.29) is 5.97 Å². The number of nitrogens with one attached hydrogen (secondary N) is 2. The molecule has 0 saturated heterocycles. The van der Waals surface area contributed by atoms with Gasteiger partial charge in [-0.15, -0.1) is 11.3 Å². The Hall–Kier alpha value is -2.70. The second-order valence-electron chi connectivity index (χ2n) is 6.23. The number of methoxy groups -OCH3 is 1. The number of esters is 1. The molecule has 4 nitrogen and oxygen atoms in total. The molecule has 0 atom stereocenters. The highest BCUT2D eigenvalue weighted by Gasteiger charge is 2.17. The third-order valence-corrected chi connectivity index (χ3v) is 5.48. The van der Waals surface area contributed by atoms with Gasteiger partial charge in [0, 0.05) is 17.8 Å². The number of benzene rings is 2. The molecule has 2 N–H and O–H groups in total. The van der Waals surface area contributed by atoms with Crippen molar-refractivity contribution in [3.63, 3.8) is 0 Å². The third-order valence-electron chi connectivity index (χ3n) is 4.18. The Bertz CT molecular complexity index is 924. The van der Waals surface area contributed by atoms with Crippen molar-refractivity contribution in [2.45, 2.75) is 12.8 Å². The number of anilines is 1. The lowest BCUT2D eigenvalue weighted by molar-refractivity contribution is 0.0602. The molecule has 2 aromatic carbocycles. The largest absolute Gasteiger partial charge is 0.465 e. The van der Waals surface area contributed by atoms with Gasteiger partial charge in [-0.3, -0.25) is 0 Å². The first-order chi connectivity index (χ1) is 13.7. The number of ether oxygens (including phenoxy) is 1. The second kappa shape index (κ2) is 10.0. The van der Waals surface area contributed by atoms with Crippen LogP contribution in [-0.4, -0.2) is 24.7 Å². The molecule has 0 aliphatic carbocycles. The van der Waals surface area contributed by atoms with E-state index in [0.29, 0.717) is 22.2 Å². The van der Waals surface area contributed by atoms with Gasteiger partial charge >= 0.3 is 5.97 Å². The fraction of sp³-hybridized carbons (Fsp3) is 0.182. The minimum absolute atomic E-state index is 0.370. The number of carbonyl (C=O) groups excluding carboxylic acids is 1. The normalized spacial score (nSPS) is 10.3. The zero-order valence-electron chi connectivity index (χ0n) is 15.6. The smallest absolute Gasteiger partial charge is 0.340 e. The van der Waals surface area contributed by atoms with Crippen LogP contribution in [0.15, 0.2) is 66.7 Å². The summed E-state index contributed by atoms with van der Waals surface area (Å²) in [5, 5.41) is 7.55. The third kappa shape index (κ3) is 5.65. The Morgan fingerprint density at radius 1 is 1.04 bits per heavy atom. The molecule has 0 spiro atoms. The average molecular weight is 411 g/mol. The molecule has 0 radical (unpaired) electrons. The van der Waals surface area contributed by atoms with Crippen LogP contribution in [0.1, 0.15) is 26.4 Å². The SMILES string of the molecule is COC(=O)c1cc(Cc2ccccc2)sc1NC(=S)NCCc1ccccc1. The quantitative estimate of drug-likeness (QED) is 0.438. The number of thiophene rings is 1. The molecule has 28 heavy (non-hydrogen) atoms. The van der Waals surface area contributed by atoms with Gasteiger partial charge < -0.3 is 15.4 Å². The van der Waals surface area contributed by atoms with E-state index in [1.807, 2.05) is 42.5 Å². The van der Waals surface area contributed by atoms with Crippen LogP contribution in [0.5, 0.6) is 0 Å². The zero-order valence-corrected chi connectivity index (χ0v) is 17.2. The van der Waals surface area contributed by atoms with Crippen molar-refractivity contribution >= 4 is 39.6 Å². The Morgan fingerprint density at radius 2 is 1.68 bits per heavy atom. The monoisotopic (exact) mass is 410 g/mol. The fourth-order valence-corrected chi connectivity index (χ4v) is 4.14. The molecular weight excluding hydrogens is 388 g/mol. The van der Waals surface area contributed by atoms with Crippen LogP contribution in [0.3, 0.4) is 0 Å². The molecule has 0 aliphatic rings. The lowest BCUT2D eigenvalue weighted by Crippen LogP contribution is -2.30. The number of rotatable bonds is 7. The van der Waals surface area contributed by atoms with E-state index < -0.39 is 0 Å². The van der Waals surface area contributed by atoms with Gasteiger partial charge in [-0.25, -0.2) is 4.79 Å². The van der Waals surface area contributed by atoms with Crippen molar-refractivity contribution in [1.82, 2.24) is 5.32 Å². The topological polar surface area (TPSA) is 50.4 Å². The van der Waals surface area contributed by atoms with E-state index in [9.17, 15) is 4.79 Å². The van der Waals surface area contributed by atoms with Crippen molar-refractivity contribution in [2.75, 3.05) is 19.0 Å². The first kappa shape index (κ1) is 20.0. The van der Waals surface area contributed by atoms with Crippen molar-refractivity contribution in [3.8, 4) is 0 Å². The molecule has 0 unspecified atom stereocenters. The molecule has 144 valence electrons. The summed E-state index contributed by atoms with van der Waals surface area (Å²) in [4.78, 5) is 13.2. The summed E-state index contributed by atoms with van der Waals surface area (Å²) < 4.78 is 4.93. The van der Waals surface area contributed by atoms with E-state index in [0.717, 1.165) is 17.7 Å². The molecule has 1 heterocycles. The van der Waals surface area contributed by atoms with Gasteiger partial charge in [-0.1, -0.05) is 60.7 Å². The van der Waals surface area contributed by atoms with Crippen LogP contribution < -0.4 is 10.6 Å². The minimum Gasteiger partial charge on any atom is -0.465 e. The molecule has 0 aliphatic heterocycles. The second-order valence-corrected chi connectivity index (χ2v) is 7.77. The standard InChI is InChI=1S/C22H22N2O2S2/c1-26-21(25)19-15-18(14-17-10-6-3-7-11-17)28-20(19)24-22(27)23-13-12-16-8-4-2-5-9-16/h2-11,15H,12-14H2,1H3,(H2,23,24,27). The van der Waals surface area contributed by atoms with E-state index >= 15 is 0 Å². The van der Waals surface area contributed by atoms with E-state index in [4.69, 9.17) is 17.0 Å². The number of hydrogen-bond donors (Lipinski definition) is 2. The zero-order chi connectivity index (χ0) is 19.8. The first-order valence-electron chi connectivity index (χ1n) is 8.99. The summed E-state index contributed by atoms with van der Waals surface area (Å²) in [5.74, 6) is -0.370. The van der Waals surface area contributed by atoms with Crippen LogP contribution in [0.2, 0.25) is 0 Å². The van der Waals surface area contributed by atoms with Crippen LogP contribution >= 0.6 is 23.6 Å². The van der Waals surface area contributed by atoms with Gasteiger partial charge in [0.15, 0.2) is 5.11 Å². The fourth-order valence-electron chi connectivity index (χ4n) is 2.79. The lowest BCUT2D eigenvalue weighted by atomic mass is 10.1. The van der Waals surface area contributed by atoms with Gasteiger partial charge in [-0.05, 0) is 35.8 Å². The maximum atomic E-state index is 12.2. The summed E-state index contributed by atoms with van der Waals surface area (Å²) in [6.07, 6.45) is 1.63. The van der Waals surface area contributed by atoms with Gasteiger partial charge in [0.2, 0.25) is 0 Å². The molecule has 0 fully saturated rings. The summed E-state index contributed by atoms with van der Waals surface area (Å²) in [7, 11) is 1.39. The first-order valence-corrected chi connectivity index (χ1v) is 10.2. The van der Waals surface area contributed by atoms with Crippen molar-refractivity contribution in [1.29, 1.82) is 0 Å². The van der Waals surface area contributed by atoms with Crippen LogP contribution in [0.4, 0.5) is 5.00 Å². The molecule has 0 bridgehead atoms. The molecule has 0 saturated carbocycles. The Morgan fingerprint density at radius 3 is 2.32 bits per heavy atom. The van der Waals surface area contributed by atoms with Crippen molar-refractivity contribution < 1.29 is 9.53 Å². The van der Waals surface area contributed by atoms with E-state index in [1.165, 1.54) is 29.6 Å². The lowest BCUT2D eigenvalue weighted by Gasteiger charge is -2.10. The molecule has 6 heteroatoms. The van der Waals surface area contributed by atoms with Gasteiger partial charge in [0.1, 0.15) is 5.00 Å². The highest BCUT2D eigenvalue weighted by molar-refractivity contribution is 7.80. The molecule has 3 rings (SSSR count). The number of carbonyl (C=O) groups is 1. The number of hydrogen-bond acceptors (Lipinski definition) is 4. The maximum absolute atomic E-state index is 12.2. The highest BCUT2D eigenvalue weighted by atomic mass is 32.1. The molecule has 1 aromatic heterocycles. The minimum atomic E-state index is -0.370. The summed E-state index contributed by atoms with van der Waals surface area (Å²) in [5.41, 5.74) is 2.94. The highest BCUT2D eigenvalue weighted by Crippen LogP contribution is 2.30.